The van der Waals surface area contributed by atoms with Gasteiger partial charge in [-0.25, -0.2) is 0 Å². The Hall–Kier alpha value is -1.06. The molecule has 1 fully saturated rings. The highest BCUT2D eigenvalue weighted by atomic mass is 16.3. The average molecular weight is 248 g/mol. The van der Waals surface area contributed by atoms with Crippen LogP contribution in [0.5, 0.6) is 0 Å². The van der Waals surface area contributed by atoms with Crippen molar-refractivity contribution in [1.82, 2.24) is 4.90 Å². The van der Waals surface area contributed by atoms with E-state index in [1.54, 1.807) is 6.92 Å². The van der Waals surface area contributed by atoms with Crippen LogP contribution in [-0.4, -0.2) is 42.7 Å². The number of aliphatic hydroxyl groups is 1. The summed E-state index contributed by atoms with van der Waals surface area (Å²) in [5, 5.41) is 9.54. The molecule has 1 saturated heterocycles. The van der Waals surface area contributed by atoms with Gasteiger partial charge in [0.05, 0.1) is 6.10 Å². The summed E-state index contributed by atoms with van der Waals surface area (Å²) in [5.74, 6) is 0. The zero-order chi connectivity index (χ0) is 13.1. The molecule has 0 aromatic heterocycles. The summed E-state index contributed by atoms with van der Waals surface area (Å²) in [6.45, 7) is 7.48. The number of likely N-dealkylation sites (N-methyl/N-ethyl adjacent to an activating group) is 1. The van der Waals surface area contributed by atoms with Crippen molar-refractivity contribution >= 4 is 5.69 Å². The number of aliphatic hydroxyl groups excluding tert-OH is 1. The van der Waals surface area contributed by atoms with Crippen molar-refractivity contribution < 1.29 is 5.11 Å². The van der Waals surface area contributed by atoms with Gasteiger partial charge in [0.1, 0.15) is 0 Å². The van der Waals surface area contributed by atoms with Crippen LogP contribution in [0.15, 0.2) is 24.3 Å². The molecule has 100 valence electrons. The maximum atomic E-state index is 9.54. The predicted molar refractivity (Wildman–Crippen MR) is 76.0 cm³/mol. The van der Waals surface area contributed by atoms with Crippen molar-refractivity contribution in [2.75, 3.05) is 31.6 Å². The topological polar surface area (TPSA) is 26.7 Å². The summed E-state index contributed by atoms with van der Waals surface area (Å²) in [7, 11) is 2.19. The number of rotatable bonds is 2. The smallest absolute Gasteiger partial charge is 0.0761 e. The molecule has 0 radical (unpaired) electrons. The maximum Gasteiger partial charge on any atom is 0.0761 e. The second-order valence-corrected chi connectivity index (χ2v) is 5.43. The number of nitrogens with zero attached hydrogens (tertiary/aromatic N) is 2. The molecular weight excluding hydrogens is 224 g/mol. The summed E-state index contributed by atoms with van der Waals surface area (Å²) in [6, 6.07) is 8.85. The molecule has 1 aliphatic rings. The second-order valence-electron chi connectivity index (χ2n) is 5.43. The van der Waals surface area contributed by atoms with E-state index in [2.05, 4.69) is 35.9 Å². The molecule has 0 spiro atoms. The van der Waals surface area contributed by atoms with E-state index in [0.29, 0.717) is 6.04 Å². The van der Waals surface area contributed by atoms with Gasteiger partial charge in [0, 0.05) is 24.8 Å². The summed E-state index contributed by atoms with van der Waals surface area (Å²) in [6.07, 6.45) is 0.825. The molecule has 0 aliphatic carbocycles. The van der Waals surface area contributed by atoms with Gasteiger partial charge in [-0.3, -0.25) is 0 Å². The predicted octanol–water partition coefficient (Wildman–Crippen LogP) is 2.27. The molecule has 2 rings (SSSR count). The van der Waals surface area contributed by atoms with Crippen molar-refractivity contribution in [3.05, 3.63) is 29.8 Å². The first-order chi connectivity index (χ1) is 8.58. The van der Waals surface area contributed by atoms with Crippen LogP contribution >= 0.6 is 0 Å². The van der Waals surface area contributed by atoms with Crippen LogP contribution in [0.4, 0.5) is 5.69 Å². The van der Waals surface area contributed by atoms with Crippen molar-refractivity contribution in [1.29, 1.82) is 0 Å². The van der Waals surface area contributed by atoms with Gasteiger partial charge in [-0.1, -0.05) is 12.1 Å². The summed E-state index contributed by atoms with van der Waals surface area (Å²) in [5.41, 5.74) is 2.25. The van der Waals surface area contributed by atoms with Gasteiger partial charge >= 0.3 is 0 Å². The molecule has 1 aliphatic heterocycles. The van der Waals surface area contributed by atoms with Crippen molar-refractivity contribution in [2.24, 2.45) is 0 Å². The van der Waals surface area contributed by atoms with E-state index in [9.17, 15) is 5.11 Å². The standard InChI is InChI=1S/C15H24N2O/c1-12-11-16(3)9-4-10-17(12)15-7-5-14(6-8-15)13(2)18/h5-8,12-13,18H,4,9-11H2,1-3H3/t12?,13-/m1/s1. The number of benzene rings is 1. The summed E-state index contributed by atoms with van der Waals surface area (Å²) >= 11 is 0. The lowest BCUT2D eigenvalue weighted by Gasteiger charge is -2.30. The number of hydrogen-bond acceptors (Lipinski definition) is 3. The lowest BCUT2D eigenvalue weighted by atomic mass is 10.1. The Labute approximate surface area is 110 Å². The Morgan fingerprint density at radius 3 is 2.50 bits per heavy atom. The lowest BCUT2D eigenvalue weighted by molar-refractivity contribution is 0.199. The maximum absolute atomic E-state index is 9.54. The van der Waals surface area contributed by atoms with Crippen LogP contribution in [0.25, 0.3) is 0 Å². The molecule has 1 aromatic carbocycles. The SMILES string of the molecule is CC1CN(C)CCCN1c1ccc([C@@H](C)O)cc1. The lowest BCUT2D eigenvalue weighted by Crippen LogP contribution is -2.37. The Morgan fingerprint density at radius 1 is 1.22 bits per heavy atom. The number of hydrogen-bond donors (Lipinski definition) is 1. The molecule has 1 unspecified atom stereocenters. The van der Waals surface area contributed by atoms with Crippen LogP contribution in [0.1, 0.15) is 31.9 Å². The second kappa shape index (κ2) is 5.72. The zero-order valence-electron chi connectivity index (χ0n) is 11.6. The first-order valence-corrected chi connectivity index (χ1v) is 6.81. The molecule has 3 heteroatoms. The Morgan fingerprint density at radius 2 is 1.89 bits per heavy atom. The monoisotopic (exact) mass is 248 g/mol. The van der Waals surface area contributed by atoms with Gasteiger partial charge in [0.2, 0.25) is 0 Å². The first-order valence-electron chi connectivity index (χ1n) is 6.81. The fourth-order valence-electron chi connectivity index (χ4n) is 2.70. The van der Waals surface area contributed by atoms with E-state index in [-0.39, 0.29) is 6.10 Å². The normalized spacial score (nSPS) is 23.8. The molecule has 3 nitrogen and oxygen atoms in total. The van der Waals surface area contributed by atoms with Gasteiger partial charge in [0.15, 0.2) is 0 Å². The van der Waals surface area contributed by atoms with E-state index >= 15 is 0 Å². The summed E-state index contributed by atoms with van der Waals surface area (Å²) < 4.78 is 0. The van der Waals surface area contributed by atoms with Crippen LogP contribution in [0, 0.1) is 0 Å². The quantitative estimate of drug-likeness (QED) is 0.870. The Bertz CT molecular complexity index is 375. The van der Waals surface area contributed by atoms with Gasteiger partial charge in [-0.15, -0.1) is 0 Å². The largest absolute Gasteiger partial charge is 0.389 e. The van der Waals surface area contributed by atoms with Crippen molar-refractivity contribution in [3.8, 4) is 0 Å². The molecule has 0 saturated carbocycles. The minimum atomic E-state index is -0.383. The van der Waals surface area contributed by atoms with Crippen molar-refractivity contribution in [2.45, 2.75) is 32.4 Å². The minimum Gasteiger partial charge on any atom is -0.389 e. The molecule has 2 atom stereocenters. The highest BCUT2D eigenvalue weighted by Gasteiger charge is 2.19. The first kappa shape index (κ1) is 13.4. The highest BCUT2D eigenvalue weighted by molar-refractivity contribution is 5.49. The third-order valence-electron chi connectivity index (χ3n) is 3.75. The fourth-order valence-corrected chi connectivity index (χ4v) is 2.70. The van der Waals surface area contributed by atoms with Crippen LogP contribution < -0.4 is 4.90 Å². The van der Waals surface area contributed by atoms with Gasteiger partial charge in [-0.05, 0) is 51.6 Å². The third-order valence-corrected chi connectivity index (χ3v) is 3.75. The molecule has 1 heterocycles. The Balaban J connectivity index is 2.14. The fraction of sp³-hybridized carbons (Fsp3) is 0.600. The Kier molecular flexibility index (Phi) is 4.25. The molecule has 1 N–H and O–H groups in total. The summed E-state index contributed by atoms with van der Waals surface area (Å²) in [4.78, 5) is 4.87. The van der Waals surface area contributed by atoms with Crippen molar-refractivity contribution in [3.63, 3.8) is 0 Å². The minimum absolute atomic E-state index is 0.383. The third kappa shape index (κ3) is 3.03. The van der Waals surface area contributed by atoms with E-state index < -0.39 is 0 Å². The molecule has 0 bridgehead atoms. The zero-order valence-corrected chi connectivity index (χ0v) is 11.6. The van der Waals surface area contributed by atoms with Gasteiger partial charge in [0.25, 0.3) is 0 Å². The van der Waals surface area contributed by atoms with Gasteiger partial charge < -0.3 is 14.9 Å². The van der Waals surface area contributed by atoms with Crippen LogP contribution in [0.3, 0.4) is 0 Å². The molecule has 1 aromatic rings. The van der Waals surface area contributed by atoms with E-state index in [0.717, 1.165) is 18.7 Å². The van der Waals surface area contributed by atoms with E-state index in [4.69, 9.17) is 0 Å². The van der Waals surface area contributed by atoms with Gasteiger partial charge in [-0.2, -0.15) is 0 Å². The van der Waals surface area contributed by atoms with E-state index in [1.165, 1.54) is 18.7 Å². The molecule has 18 heavy (non-hydrogen) atoms. The van der Waals surface area contributed by atoms with Crippen LogP contribution in [0.2, 0.25) is 0 Å². The highest BCUT2D eigenvalue weighted by Crippen LogP contribution is 2.22. The number of anilines is 1. The van der Waals surface area contributed by atoms with E-state index in [1.807, 2.05) is 12.1 Å². The molecular formula is C15H24N2O. The van der Waals surface area contributed by atoms with Crippen LogP contribution in [-0.2, 0) is 0 Å². The molecule has 0 amide bonds. The average Bonchev–Trinajstić information content (AvgIpc) is 2.50.